The molecule has 0 spiro atoms. The fourth-order valence-corrected chi connectivity index (χ4v) is 5.59. The van der Waals surface area contributed by atoms with E-state index in [0.29, 0.717) is 35.0 Å². The Balaban J connectivity index is 1.57. The summed E-state index contributed by atoms with van der Waals surface area (Å²) in [4.78, 5) is 15.4. The number of rotatable bonds is 7. The number of amides is 1. The highest BCUT2D eigenvalue weighted by Crippen LogP contribution is 2.39. The van der Waals surface area contributed by atoms with Gasteiger partial charge in [-0.2, -0.15) is 8.42 Å². The summed E-state index contributed by atoms with van der Waals surface area (Å²) in [6.07, 6.45) is 1.94. The van der Waals surface area contributed by atoms with Gasteiger partial charge in [0.2, 0.25) is 0 Å². The fraction of sp³-hybridized carbons (Fsp3) is 0.296. The van der Waals surface area contributed by atoms with Crippen LogP contribution in [0.2, 0.25) is 5.02 Å². The summed E-state index contributed by atoms with van der Waals surface area (Å²) >= 11 is 6.34. The minimum absolute atomic E-state index is 0.0204. The Hall–Kier alpha value is -3.07. The van der Waals surface area contributed by atoms with Crippen LogP contribution in [0.3, 0.4) is 0 Å². The number of nitrogens with zero attached hydrogens (tertiary/aromatic N) is 1. The van der Waals surface area contributed by atoms with E-state index >= 15 is 0 Å². The van der Waals surface area contributed by atoms with E-state index < -0.39 is 10.1 Å². The van der Waals surface area contributed by atoms with Crippen molar-refractivity contribution in [2.75, 3.05) is 30.9 Å². The maximum atomic E-state index is 13.6. The molecule has 0 radical (unpaired) electrons. The van der Waals surface area contributed by atoms with Crippen LogP contribution in [0, 0.1) is 6.92 Å². The zero-order valence-corrected chi connectivity index (χ0v) is 21.8. The van der Waals surface area contributed by atoms with Crippen LogP contribution in [0.25, 0.3) is 0 Å². The number of fused-ring (bicyclic) bond motifs is 1. The number of nitrogens with two attached hydrogens (primary N) is 1. The van der Waals surface area contributed by atoms with E-state index in [1.54, 1.807) is 53.4 Å². The standard InChI is InChI=1S/C27H29ClN2O5S/c1-18-5-9-22(10-6-18)36(32,33)35-15-13-19-4-3-14-30(25-12-7-20(28)16-24(19)25)27(31)23-11-8-21(29)17-26(23)34-2/h5-12,16-17,19H,3-4,13-15,29H2,1-2H3. The first-order valence-electron chi connectivity index (χ1n) is 11.7. The lowest BCUT2D eigenvalue weighted by atomic mass is 9.91. The first-order valence-corrected chi connectivity index (χ1v) is 13.5. The second-order valence-electron chi connectivity index (χ2n) is 8.84. The summed E-state index contributed by atoms with van der Waals surface area (Å²) in [5.74, 6) is 0.179. The van der Waals surface area contributed by atoms with E-state index in [4.69, 9.17) is 26.3 Å². The largest absolute Gasteiger partial charge is 0.496 e. The average molecular weight is 529 g/mol. The summed E-state index contributed by atoms with van der Waals surface area (Å²) < 4.78 is 36.0. The molecule has 3 aromatic carbocycles. The molecule has 7 nitrogen and oxygen atoms in total. The predicted molar refractivity (Wildman–Crippen MR) is 141 cm³/mol. The Labute approximate surface area is 216 Å². The minimum Gasteiger partial charge on any atom is -0.496 e. The van der Waals surface area contributed by atoms with Gasteiger partial charge in [0.25, 0.3) is 16.0 Å². The molecule has 0 bridgehead atoms. The van der Waals surface area contributed by atoms with Crippen molar-refractivity contribution in [3.05, 3.63) is 82.4 Å². The van der Waals surface area contributed by atoms with Gasteiger partial charge in [-0.3, -0.25) is 8.98 Å². The molecule has 0 aliphatic carbocycles. The summed E-state index contributed by atoms with van der Waals surface area (Å²) in [7, 11) is -2.36. The molecule has 1 aliphatic heterocycles. The Kier molecular flexibility index (Phi) is 7.88. The monoisotopic (exact) mass is 528 g/mol. The second-order valence-corrected chi connectivity index (χ2v) is 10.9. The molecule has 1 atom stereocenters. The van der Waals surface area contributed by atoms with Crippen molar-refractivity contribution < 1.29 is 22.1 Å². The van der Waals surface area contributed by atoms with Crippen molar-refractivity contribution in [1.82, 2.24) is 0 Å². The van der Waals surface area contributed by atoms with Gasteiger partial charge >= 0.3 is 0 Å². The number of hydrogen-bond acceptors (Lipinski definition) is 6. The number of anilines is 2. The van der Waals surface area contributed by atoms with Crippen molar-refractivity contribution in [2.45, 2.75) is 37.0 Å². The van der Waals surface area contributed by atoms with E-state index in [2.05, 4.69) is 0 Å². The highest BCUT2D eigenvalue weighted by Gasteiger charge is 2.29. The van der Waals surface area contributed by atoms with Crippen LogP contribution in [-0.4, -0.2) is 34.6 Å². The Morgan fingerprint density at radius 2 is 1.86 bits per heavy atom. The number of hydrogen-bond donors (Lipinski definition) is 1. The number of aryl methyl sites for hydroxylation is 1. The van der Waals surface area contributed by atoms with Crippen molar-refractivity contribution >= 4 is 39.0 Å². The van der Waals surface area contributed by atoms with E-state index in [1.165, 1.54) is 7.11 Å². The molecule has 0 aromatic heterocycles. The topological polar surface area (TPSA) is 98.9 Å². The zero-order chi connectivity index (χ0) is 25.9. The summed E-state index contributed by atoms with van der Waals surface area (Å²) in [5.41, 5.74) is 9.39. The van der Waals surface area contributed by atoms with Gasteiger partial charge in [0, 0.05) is 29.0 Å². The van der Waals surface area contributed by atoms with Gasteiger partial charge in [-0.25, -0.2) is 0 Å². The molecular formula is C27H29ClN2O5S. The van der Waals surface area contributed by atoms with Crippen molar-refractivity contribution in [1.29, 1.82) is 0 Å². The van der Waals surface area contributed by atoms with Crippen LogP contribution in [-0.2, 0) is 14.3 Å². The lowest BCUT2D eigenvalue weighted by Crippen LogP contribution is -2.32. The van der Waals surface area contributed by atoms with Crippen LogP contribution >= 0.6 is 11.6 Å². The molecule has 36 heavy (non-hydrogen) atoms. The molecular weight excluding hydrogens is 500 g/mol. The number of halogens is 1. The minimum atomic E-state index is -3.86. The third-order valence-corrected chi connectivity index (χ3v) is 7.93. The predicted octanol–water partition coefficient (Wildman–Crippen LogP) is 5.56. The van der Waals surface area contributed by atoms with Gasteiger partial charge in [0.05, 0.1) is 24.2 Å². The van der Waals surface area contributed by atoms with Gasteiger partial charge < -0.3 is 15.4 Å². The summed E-state index contributed by atoms with van der Waals surface area (Å²) in [6.45, 7) is 2.41. The van der Waals surface area contributed by atoms with Crippen LogP contribution in [0.4, 0.5) is 11.4 Å². The highest BCUT2D eigenvalue weighted by atomic mass is 35.5. The molecule has 1 unspecified atom stereocenters. The lowest BCUT2D eigenvalue weighted by Gasteiger charge is -2.25. The van der Waals surface area contributed by atoms with Crippen molar-refractivity contribution in [3.63, 3.8) is 0 Å². The van der Waals surface area contributed by atoms with Gasteiger partial charge in [-0.1, -0.05) is 29.3 Å². The van der Waals surface area contributed by atoms with Gasteiger partial charge in [-0.15, -0.1) is 0 Å². The summed E-state index contributed by atoms with van der Waals surface area (Å²) in [5, 5.41) is 0.548. The number of nitrogen functional groups attached to an aromatic ring is 1. The van der Waals surface area contributed by atoms with Gasteiger partial charge in [0.15, 0.2) is 0 Å². The van der Waals surface area contributed by atoms with Crippen LogP contribution in [0.1, 0.15) is 46.7 Å². The molecule has 190 valence electrons. The Bertz CT molecular complexity index is 1360. The molecule has 3 aromatic rings. The molecule has 0 fully saturated rings. The quantitative estimate of drug-likeness (QED) is 0.318. The second kappa shape index (κ2) is 10.9. The Morgan fingerprint density at radius 3 is 2.58 bits per heavy atom. The molecule has 9 heteroatoms. The molecule has 0 saturated heterocycles. The van der Waals surface area contributed by atoms with Crippen molar-refractivity contribution in [2.24, 2.45) is 0 Å². The molecule has 0 saturated carbocycles. The highest BCUT2D eigenvalue weighted by molar-refractivity contribution is 7.86. The third kappa shape index (κ3) is 5.67. The lowest BCUT2D eigenvalue weighted by molar-refractivity contribution is 0.0984. The number of carbonyl (C=O) groups is 1. The van der Waals surface area contributed by atoms with E-state index in [1.807, 2.05) is 19.1 Å². The number of benzene rings is 3. The number of methoxy groups -OCH3 is 1. The molecule has 1 heterocycles. The summed E-state index contributed by atoms with van der Waals surface area (Å²) in [6, 6.07) is 17.0. The molecule has 1 aliphatic rings. The number of ether oxygens (including phenoxy) is 1. The van der Waals surface area contributed by atoms with Gasteiger partial charge in [-0.05, 0) is 80.1 Å². The molecule has 1 amide bonds. The third-order valence-electron chi connectivity index (χ3n) is 6.37. The fourth-order valence-electron chi connectivity index (χ4n) is 4.48. The van der Waals surface area contributed by atoms with Crippen molar-refractivity contribution in [3.8, 4) is 5.75 Å². The SMILES string of the molecule is COc1cc(N)ccc1C(=O)N1CCCC(CCOS(=O)(=O)c2ccc(C)cc2)c2cc(Cl)ccc21. The molecule has 4 rings (SSSR count). The van der Waals surface area contributed by atoms with Crippen LogP contribution < -0.4 is 15.4 Å². The van der Waals surface area contributed by atoms with Gasteiger partial charge in [0.1, 0.15) is 5.75 Å². The Morgan fingerprint density at radius 1 is 1.11 bits per heavy atom. The number of carbonyl (C=O) groups excluding carboxylic acids is 1. The molecule has 2 N–H and O–H groups in total. The normalized spacial score (nSPS) is 15.8. The van der Waals surface area contributed by atoms with E-state index in [0.717, 1.165) is 29.7 Å². The first-order chi connectivity index (χ1) is 17.2. The smallest absolute Gasteiger partial charge is 0.296 e. The maximum Gasteiger partial charge on any atom is 0.296 e. The average Bonchev–Trinajstić information content (AvgIpc) is 3.03. The van der Waals surface area contributed by atoms with Crippen LogP contribution in [0.5, 0.6) is 5.75 Å². The van der Waals surface area contributed by atoms with E-state index in [9.17, 15) is 13.2 Å². The van der Waals surface area contributed by atoms with Crippen LogP contribution in [0.15, 0.2) is 65.6 Å². The van der Waals surface area contributed by atoms with E-state index in [-0.39, 0.29) is 23.3 Å². The maximum absolute atomic E-state index is 13.6. The first kappa shape index (κ1) is 26.0. The zero-order valence-electron chi connectivity index (χ0n) is 20.2.